The zero-order valence-corrected chi connectivity index (χ0v) is 12.7. The van der Waals surface area contributed by atoms with E-state index in [-0.39, 0.29) is 0 Å². The third-order valence-corrected chi connectivity index (χ3v) is 5.41. The summed E-state index contributed by atoms with van der Waals surface area (Å²) in [6.45, 7) is 3.74. The van der Waals surface area contributed by atoms with E-state index in [1.807, 2.05) is 0 Å². The van der Waals surface area contributed by atoms with Gasteiger partial charge in [0.15, 0.2) is 30.9 Å². The Morgan fingerprint density at radius 3 is 1.54 bits per heavy atom. The molecule has 4 saturated carbocycles. The van der Waals surface area contributed by atoms with Crippen molar-refractivity contribution in [2.45, 2.75) is 66.3 Å². The standard InChI is InChI=1S/C14H10F10O2/c1-3(2)4(25)26-11-5(15)10(20)6(16)12(21,8(11)18)14(23,24)13(22,7(10)17)9(11)19/h5-9H,1H2,2H3. The maximum atomic E-state index is 14.7. The molecule has 0 aliphatic heterocycles. The minimum Gasteiger partial charge on any atom is -0.446 e. The molecule has 0 aromatic heterocycles. The highest BCUT2D eigenvalue weighted by molar-refractivity contribution is 5.87. The zero-order chi connectivity index (χ0) is 20.2. The third kappa shape index (κ3) is 1.42. The second-order valence-electron chi connectivity index (χ2n) is 6.77. The maximum Gasteiger partial charge on any atom is 0.333 e. The van der Waals surface area contributed by atoms with Crippen molar-refractivity contribution < 1.29 is 53.4 Å². The van der Waals surface area contributed by atoms with Crippen molar-refractivity contribution >= 4 is 5.97 Å². The fraction of sp³-hybridized carbons (Fsp3) is 0.786. The van der Waals surface area contributed by atoms with Crippen LogP contribution >= 0.6 is 0 Å². The molecular weight excluding hydrogens is 390 g/mol. The number of hydrogen-bond acceptors (Lipinski definition) is 2. The number of rotatable bonds is 2. The second kappa shape index (κ2) is 4.67. The van der Waals surface area contributed by atoms with Crippen LogP contribution in [0.25, 0.3) is 0 Å². The molecule has 0 aromatic rings. The van der Waals surface area contributed by atoms with Crippen LogP contribution in [0.5, 0.6) is 0 Å². The summed E-state index contributed by atoms with van der Waals surface area (Å²) < 4.78 is 148. The Bertz CT molecular complexity index is 665. The molecule has 4 rings (SSSR count). The average molecular weight is 400 g/mol. The maximum absolute atomic E-state index is 14.7. The molecule has 0 heterocycles. The summed E-state index contributed by atoms with van der Waals surface area (Å²) in [4.78, 5) is 11.5. The highest BCUT2D eigenvalue weighted by Crippen LogP contribution is 2.74. The number of hydrogen-bond donors (Lipinski definition) is 0. The first-order valence-corrected chi connectivity index (χ1v) is 7.14. The molecule has 0 N–H and O–H groups in total. The van der Waals surface area contributed by atoms with Crippen LogP contribution in [-0.2, 0) is 9.53 Å². The molecular formula is C14H10F10O2. The predicted octanol–water partition coefficient (Wildman–Crippen LogP) is 3.34. The van der Waals surface area contributed by atoms with E-state index >= 15 is 0 Å². The average Bonchev–Trinajstić information content (AvgIpc) is 2.57. The summed E-state index contributed by atoms with van der Waals surface area (Å²) >= 11 is 0. The first-order valence-electron chi connectivity index (χ1n) is 7.14. The van der Waals surface area contributed by atoms with E-state index in [1.54, 1.807) is 0 Å². The molecule has 0 spiro atoms. The van der Waals surface area contributed by atoms with Gasteiger partial charge in [-0.05, 0) is 6.92 Å². The van der Waals surface area contributed by atoms with Crippen LogP contribution in [0, 0.1) is 0 Å². The molecule has 0 amide bonds. The van der Waals surface area contributed by atoms with Crippen molar-refractivity contribution in [2.75, 3.05) is 0 Å². The predicted molar refractivity (Wildman–Crippen MR) is 64.6 cm³/mol. The first-order chi connectivity index (χ1) is 11.6. The van der Waals surface area contributed by atoms with Crippen LogP contribution in [0.4, 0.5) is 43.9 Å². The second-order valence-corrected chi connectivity index (χ2v) is 6.77. The molecule has 7 unspecified atom stereocenters. The molecule has 7 atom stereocenters. The van der Waals surface area contributed by atoms with Gasteiger partial charge in [-0.1, -0.05) is 6.58 Å². The molecule has 0 radical (unpaired) electrons. The van der Waals surface area contributed by atoms with Crippen LogP contribution in [-0.4, -0.2) is 65.4 Å². The van der Waals surface area contributed by atoms with Gasteiger partial charge in [-0.15, -0.1) is 0 Å². The van der Waals surface area contributed by atoms with Crippen LogP contribution in [0.15, 0.2) is 12.2 Å². The molecule has 12 heteroatoms. The van der Waals surface area contributed by atoms with E-state index in [0.29, 0.717) is 0 Å². The number of halogens is 10. The SMILES string of the molecule is C=C(C)C(=O)OC12C(F)C3(F)C(F)C(F)(C1F)C(F)(F)C(F)(C3F)C2F. The fourth-order valence-corrected chi connectivity index (χ4v) is 4.01. The number of ether oxygens (including phenoxy) is 1. The summed E-state index contributed by atoms with van der Waals surface area (Å²) in [5, 5.41) is 0. The lowest BCUT2D eigenvalue weighted by Crippen LogP contribution is -2.99. The summed E-state index contributed by atoms with van der Waals surface area (Å²) in [6, 6.07) is 0. The summed E-state index contributed by atoms with van der Waals surface area (Å²) in [5.74, 6) is -8.00. The van der Waals surface area contributed by atoms with E-state index in [2.05, 4.69) is 11.3 Å². The minimum absolute atomic E-state index is 0.735. The number of alkyl halides is 10. The molecule has 4 bridgehead atoms. The molecule has 26 heavy (non-hydrogen) atoms. The largest absolute Gasteiger partial charge is 0.446 e. The van der Waals surface area contributed by atoms with Crippen molar-refractivity contribution in [3.8, 4) is 0 Å². The Balaban J connectivity index is 2.35. The lowest BCUT2D eigenvalue weighted by atomic mass is 9.44. The molecule has 4 fully saturated rings. The van der Waals surface area contributed by atoms with Crippen molar-refractivity contribution in [3.05, 3.63) is 12.2 Å². The van der Waals surface area contributed by atoms with Crippen LogP contribution in [0.1, 0.15) is 6.92 Å². The normalized spacial score (nSPS) is 57.1. The van der Waals surface area contributed by atoms with Crippen molar-refractivity contribution in [3.63, 3.8) is 0 Å². The zero-order valence-electron chi connectivity index (χ0n) is 12.7. The van der Waals surface area contributed by atoms with Gasteiger partial charge in [-0.25, -0.2) is 39.9 Å². The van der Waals surface area contributed by atoms with Crippen LogP contribution in [0.3, 0.4) is 0 Å². The smallest absolute Gasteiger partial charge is 0.333 e. The Morgan fingerprint density at radius 2 is 1.19 bits per heavy atom. The highest BCUT2D eigenvalue weighted by Gasteiger charge is 3.03. The van der Waals surface area contributed by atoms with Gasteiger partial charge < -0.3 is 4.74 Å². The van der Waals surface area contributed by atoms with E-state index in [4.69, 9.17) is 0 Å². The monoisotopic (exact) mass is 400 g/mol. The number of carbonyl (C=O) groups is 1. The van der Waals surface area contributed by atoms with Gasteiger partial charge >= 0.3 is 11.9 Å². The van der Waals surface area contributed by atoms with E-state index in [9.17, 15) is 48.7 Å². The molecule has 4 aliphatic carbocycles. The van der Waals surface area contributed by atoms with Gasteiger partial charge in [0.2, 0.25) is 22.6 Å². The minimum atomic E-state index is -6.08. The lowest BCUT2D eigenvalue weighted by Gasteiger charge is -2.69. The molecule has 0 aromatic carbocycles. The van der Waals surface area contributed by atoms with E-state index < -0.39 is 70.9 Å². The summed E-state index contributed by atoms with van der Waals surface area (Å²) in [7, 11) is 0. The van der Waals surface area contributed by atoms with E-state index in [0.717, 1.165) is 6.92 Å². The third-order valence-electron chi connectivity index (χ3n) is 5.41. The van der Waals surface area contributed by atoms with Crippen LogP contribution in [0.2, 0.25) is 0 Å². The van der Waals surface area contributed by atoms with E-state index in [1.165, 1.54) is 0 Å². The Morgan fingerprint density at radius 1 is 0.808 bits per heavy atom. The molecule has 4 aliphatic rings. The van der Waals surface area contributed by atoms with Gasteiger partial charge in [-0.2, -0.15) is 8.78 Å². The lowest BCUT2D eigenvalue weighted by molar-refractivity contribution is -0.448. The summed E-state index contributed by atoms with van der Waals surface area (Å²) in [6.07, 6.45) is -22.0. The summed E-state index contributed by atoms with van der Waals surface area (Å²) in [5.41, 5.74) is -21.4. The van der Waals surface area contributed by atoms with Gasteiger partial charge in [0, 0.05) is 5.57 Å². The Hall–Kier alpha value is -1.49. The van der Waals surface area contributed by atoms with Gasteiger partial charge in [-0.3, -0.25) is 0 Å². The van der Waals surface area contributed by atoms with Crippen molar-refractivity contribution in [2.24, 2.45) is 0 Å². The first kappa shape index (κ1) is 19.3. The molecule has 0 saturated heterocycles. The van der Waals surface area contributed by atoms with Gasteiger partial charge in [0.1, 0.15) is 0 Å². The van der Waals surface area contributed by atoms with Crippen molar-refractivity contribution in [1.29, 1.82) is 0 Å². The van der Waals surface area contributed by atoms with Crippen LogP contribution < -0.4 is 0 Å². The molecule has 148 valence electrons. The quantitative estimate of drug-likeness (QED) is 0.404. The molecule has 2 nitrogen and oxygen atoms in total. The topological polar surface area (TPSA) is 26.3 Å². The van der Waals surface area contributed by atoms with Crippen molar-refractivity contribution in [1.82, 2.24) is 0 Å². The fourth-order valence-electron chi connectivity index (χ4n) is 4.01. The number of carbonyl (C=O) groups excluding carboxylic acids is 1. The van der Waals surface area contributed by atoms with Gasteiger partial charge in [0.25, 0.3) is 0 Å². The van der Waals surface area contributed by atoms with Gasteiger partial charge in [0.05, 0.1) is 0 Å². The number of esters is 1. The highest BCUT2D eigenvalue weighted by atomic mass is 19.3. The Labute approximate surface area is 139 Å². The Kier molecular flexibility index (Phi) is 3.46.